The van der Waals surface area contributed by atoms with Crippen molar-refractivity contribution in [1.82, 2.24) is 0 Å². The predicted octanol–water partition coefficient (Wildman–Crippen LogP) is 5.17. The summed E-state index contributed by atoms with van der Waals surface area (Å²) in [6, 6.07) is 6.04. The summed E-state index contributed by atoms with van der Waals surface area (Å²) >= 11 is 10.8. The predicted molar refractivity (Wildman–Crippen MR) is 81.7 cm³/mol. The Kier molecular flexibility index (Phi) is 4.17. The molecule has 2 aromatic rings. The molecule has 1 N–H and O–H groups in total. The average molecular weight is 346 g/mol. The Morgan fingerprint density at radius 1 is 1.11 bits per heavy atom. The number of hydrogen-bond donors (Lipinski definition) is 1. The molecule has 0 saturated carbocycles. The maximum absolute atomic E-state index is 10.5. The molecule has 4 heteroatoms. The first-order chi connectivity index (χ1) is 8.40. The van der Waals surface area contributed by atoms with Gasteiger partial charge in [0.05, 0.1) is 0 Å². The van der Waals surface area contributed by atoms with Crippen molar-refractivity contribution in [2.75, 3.05) is 0 Å². The maximum Gasteiger partial charge on any atom is 0.114 e. The molecule has 1 aromatic heterocycles. The van der Waals surface area contributed by atoms with Gasteiger partial charge in [-0.25, -0.2) is 0 Å². The van der Waals surface area contributed by atoms with Gasteiger partial charge in [0.1, 0.15) is 10.4 Å². The van der Waals surface area contributed by atoms with Gasteiger partial charge in [0.15, 0.2) is 0 Å². The number of rotatable bonds is 2. The van der Waals surface area contributed by atoms with E-state index >= 15 is 0 Å². The Morgan fingerprint density at radius 3 is 2.28 bits per heavy atom. The molecule has 0 aliphatic carbocycles. The zero-order chi connectivity index (χ0) is 13.4. The normalized spacial score (nSPS) is 12.8. The van der Waals surface area contributed by atoms with Gasteiger partial charge >= 0.3 is 0 Å². The van der Waals surface area contributed by atoms with Gasteiger partial charge in [-0.05, 0) is 65.0 Å². The summed E-state index contributed by atoms with van der Waals surface area (Å²) in [6.07, 6.45) is -0.613. The zero-order valence-corrected chi connectivity index (χ0v) is 13.6. The fourth-order valence-corrected chi connectivity index (χ4v) is 3.67. The van der Waals surface area contributed by atoms with Gasteiger partial charge in [0.25, 0.3) is 0 Å². The molecule has 0 amide bonds. The molecule has 0 fully saturated rings. The molecule has 2 rings (SSSR count). The van der Waals surface area contributed by atoms with E-state index in [1.807, 2.05) is 13.0 Å². The molecule has 0 spiro atoms. The molecule has 1 heterocycles. The van der Waals surface area contributed by atoms with E-state index in [2.05, 4.69) is 41.9 Å². The zero-order valence-electron chi connectivity index (χ0n) is 10.4. The molecule has 1 aromatic carbocycles. The van der Waals surface area contributed by atoms with Gasteiger partial charge in [-0.2, -0.15) is 0 Å². The molecule has 1 unspecified atom stereocenters. The minimum atomic E-state index is -0.613. The van der Waals surface area contributed by atoms with E-state index in [-0.39, 0.29) is 0 Å². The Bertz CT molecular complexity index is 572. The summed E-state index contributed by atoms with van der Waals surface area (Å²) in [5.41, 5.74) is 4.49. The number of benzene rings is 1. The fourth-order valence-electron chi connectivity index (χ4n) is 1.93. The van der Waals surface area contributed by atoms with Gasteiger partial charge in [-0.1, -0.05) is 23.7 Å². The van der Waals surface area contributed by atoms with Crippen LogP contribution in [0, 0.1) is 20.8 Å². The van der Waals surface area contributed by atoms with Crippen molar-refractivity contribution in [2.45, 2.75) is 26.9 Å². The average Bonchev–Trinajstić information content (AvgIpc) is 2.63. The Morgan fingerprint density at radius 2 is 1.72 bits per heavy atom. The minimum Gasteiger partial charge on any atom is -0.383 e. The number of thiophene rings is 1. The lowest BCUT2D eigenvalue weighted by molar-refractivity contribution is 0.223. The van der Waals surface area contributed by atoms with E-state index in [1.54, 1.807) is 0 Å². The van der Waals surface area contributed by atoms with Crippen LogP contribution in [0.15, 0.2) is 22.7 Å². The third-order valence-electron chi connectivity index (χ3n) is 3.11. The number of aryl methyl sites for hydroxylation is 3. The Hall–Kier alpha value is -0.350. The van der Waals surface area contributed by atoms with Crippen LogP contribution in [-0.2, 0) is 0 Å². The second-order valence-corrected chi connectivity index (χ2v) is 7.01. The summed E-state index contributed by atoms with van der Waals surface area (Å²) in [5.74, 6) is 0. The lowest BCUT2D eigenvalue weighted by atomic mass is 9.96. The van der Waals surface area contributed by atoms with E-state index in [0.717, 1.165) is 20.5 Å². The highest BCUT2D eigenvalue weighted by Crippen LogP contribution is 2.38. The van der Waals surface area contributed by atoms with Crippen LogP contribution in [0.2, 0.25) is 4.34 Å². The summed E-state index contributed by atoms with van der Waals surface area (Å²) in [7, 11) is 0. The molecule has 1 nitrogen and oxygen atoms in total. The number of hydrogen-bond acceptors (Lipinski definition) is 2. The fraction of sp³-hybridized carbons (Fsp3) is 0.286. The summed E-state index contributed by atoms with van der Waals surface area (Å²) in [5, 5.41) is 10.5. The van der Waals surface area contributed by atoms with E-state index < -0.39 is 6.10 Å². The summed E-state index contributed by atoms with van der Waals surface area (Å²) in [6.45, 7) is 6.16. The first kappa shape index (κ1) is 14.1. The van der Waals surface area contributed by atoms with Gasteiger partial charge in [0.2, 0.25) is 0 Å². The molecule has 1 atom stereocenters. The standard InChI is InChI=1S/C14H14BrClOS/c1-7-4-9(3)10(5-8(7)2)13(17)12-6-11(15)14(16)18-12/h4-6,13,17H,1-3H3. The van der Waals surface area contributed by atoms with E-state index in [1.165, 1.54) is 22.5 Å². The smallest absolute Gasteiger partial charge is 0.114 e. The van der Waals surface area contributed by atoms with Crippen molar-refractivity contribution < 1.29 is 5.11 Å². The van der Waals surface area contributed by atoms with Gasteiger partial charge in [-0.3, -0.25) is 0 Å². The second kappa shape index (κ2) is 5.33. The van der Waals surface area contributed by atoms with Crippen molar-refractivity contribution in [3.63, 3.8) is 0 Å². The molecule has 96 valence electrons. The first-order valence-corrected chi connectivity index (χ1v) is 7.59. The van der Waals surface area contributed by atoms with Crippen molar-refractivity contribution in [3.05, 3.63) is 54.1 Å². The number of aliphatic hydroxyl groups is 1. The highest BCUT2D eigenvalue weighted by Gasteiger charge is 2.17. The molecule has 0 saturated heterocycles. The van der Waals surface area contributed by atoms with Crippen LogP contribution in [0.3, 0.4) is 0 Å². The van der Waals surface area contributed by atoms with Crippen LogP contribution in [-0.4, -0.2) is 5.11 Å². The molecule has 0 bridgehead atoms. The molecule has 0 aliphatic rings. The molecular weight excluding hydrogens is 332 g/mol. The van der Waals surface area contributed by atoms with Crippen LogP contribution >= 0.6 is 38.9 Å². The maximum atomic E-state index is 10.5. The van der Waals surface area contributed by atoms with Crippen LogP contribution in [0.1, 0.15) is 33.2 Å². The van der Waals surface area contributed by atoms with Gasteiger partial charge in [0, 0.05) is 9.35 Å². The lowest BCUT2D eigenvalue weighted by Gasteiger charge is -2.14. The molecule has 0 radical (unpaired) electrons. The van der Waals surface area contributed by atoms with Gasteiger partial charge < -0.3 is 5.11 Å². The number of aliphatic hydroxyl groups excluding tert-OH is 1. The summed E-state index contributed by atoms with van der Waals surface area (Å²) < 4.78 is 1.51. The van der Waals surface area contributed by atoms with Gasteiger partial charge in [-0.15, -0.1) is 11.3 Å². The second-order valence-electron chi connectivity index (χ2n) is 4.47. The monoisotopic (exact) mass is 344 g/mol. The quantitative estimate of drug-likeness (QED) is 0.796. The topological polar surface area (TPSA) is 20.2 Å². The highest BCUT2D eigenvalue weighted by molar-refractivity contribution is 9.10. The Labute approximate surface area is 125 Å². The third kappa shape index (κ3) is 2.64. The van der Waals surface area contributed by atoms with Crippen molar-refractivity contribution in [2.24, 2.45) is 0 Å². The SMILES string of the molecule is Cc1cc(C)c(C(O)c2cc(Br)c(Cl)s2)cc1C. The van der Waals surface area contributed by atoms with E-state index in [4.69, 9.17) is 11.6 Å². The van der Waals surface area contributed by atoms with Crippen LogP contribution in [0.4, 0.5) is 0 Å². The molecule has 18 heavy (non-hydrogen) atoms. The van der Waals surface area contributed by atoms with E-state index in [0.29, 0.717) is 4.34 Å². The third-order valence-corrected chi connectivity index (χ3v) is 5.64. The lowest BCUT2D eigenvalue weighted by Crippen LogP contribution is -2.01. The van der Waals surface area contributed by atoms with Crippen molar-refractivity contribution >= 4 is 38.9 Å². The van der Waals surface area contributed by atoms with Crippen LogP contribution < -0.4 is 0 Å². The van der Waals surface area contributed by atoms with Crippen LogP contribution in [0.25, 0.3) is 0 Å². The van der Waals surface area contributed by atoms with Crippen molar-refractivity contribution in [1.29, 1.82) is 0 Å². The van der Waals surface area contributed by atoms with Crippen molar-refractivity contribution in [3.8, 4) is 0 Å². The molecular formula is C14H14BrClOS. The largest absolute Gasteiger partial charge is 0.383 e. The highest BCUT2D eigenvalue weighted by atomic mass is 79.9. The van der Waals surface area contributed by atoms with E-state index in [9.17, 15) is 5.11 Å². The first-order valence-electron chi connectivity index (χ1n) is 5.60. The number of halogens is 2. The van der Waals surface area contributed by atoms with Crippen LogP contribution in [0.5, 0.6) is 0 Å². The molecule has 0 aliphatic heterocycles. The summed E-state index contributed by atoms with van der Waals surface area (Å²) in [4.78, 5) is 0.859. The minimum absolute atomic E-state index is 0.613. The Balaban J connectivity index is 2.45.